The van der Waals surface area contributed by atoms with Gasteiger partial charge in [0.1, 0.15) is 0 Å². The van der Waals surface area contributed by atoms with Gasteiger partial charge in [-0.3, -0.25) is 0 Å². The summed E-state index contributed by atoms with van der Waals surface area (Å²) in [7, 11) is 0. The van der Waals surface area contributed by atoms with Crippen LogP contribution in [0.2, 0.25) is 0 Å². The zero-order valence-corrected chi connectivity index (χ0v) is 9.71. The van der Waals surface area contributed by atoms with Crippen molar-refractivity contribution in [1.29, 1.82) is 0 Å². The zero-order valence-electron chi connectivity index (χ0n) is 9.71. The number of amides is 1. The Kier molecular flexibility index (Phi) is 4.39. The molecule has 0 heterocycles. The molecule has 1 aliphatic rings. The van der Waals surface area contributed by atoms with Crippen LogP contribution in [0.5, 0.6) is 0 Å². The average molecular weight is 214 g/mol. The van der Waals surface area contributed by atoms with Crippen LogP contribution in [-0.4, -0.2) is 24.8 Å². The number of hydrogen-bond acceptors (Lipinski definition) is 3. The highest BCUT2D eigenvalue weighted by atomic mass is 16.5. The largest absolute Gasteiger partial charge is 0.450 e. The molecule has 0 aromatic heterocycles. The standard InChI is InChI=1S/C11H22N2O2/c1-3-15-10(14)13-11(8-12)6-4-9(2)5-7-11/h9H,3-8,12H2,1-2H3,(H,13,14). The normalized spacial score (nSPS) is 31.0. The molecule has 4 heteroatoms. The van der Waals surface area contributed by atoms with E-state index in [9.17, 15) is 4.79 Å². The van der Waals surface area contributed by atoms with Gasteiger partial charge in [-0.2, -0.15) is 0 Å². The van der Waals surface area contributed by atoms with Gasteiger partial charge >= 0.3 is 6.09 Å². The lowest BCUT2D eigenvalue weighted by atomic mass is 9.77. The fourth-order valence-corrected chi connectivity index (χ4v) is 2.08. The molecular weight excluding hydrogens is 192 g/mol. The highest BCUT2D eigenvalue weighted by molar-refractivity contribution is 5.68. The van der Waals surface area contributed by atoms with E-state index in [1.54, 1.807) is 6.92 Å². The number of ether oxygens (including phenoxy) is 1. The van der Waals surface area contributed by atoms with Crippen LogP contribution in [0.1, 0.15) is 39.5 Å². The molecule has 15 heavy (non-hydrogen) atoms. The Bertz CT molecular complexity index is 211. The molecule has 1 rings (SSSR count). The quantitative estimate of drug-likeness (QED) is 0.750. The van der Waals surface area contributed by atoms with Crippen LogP contribution in [-0.2, 0) is 4.74 Å². The summed E-state index contributed by atoms with van der Waals surface area (Å²) in [6.07, 6.45) is 3.85. The van der Waals surface area contributed by atoms with Gasteiger partial charge in [0, 0.05) is 6.54 Å². The van der Waals surface area contributed by atoms with Crippen LogP contribution >= 0.6 is 0 Å². The number of hydrogen-bond donors (Lipinski definition) is 2. The summed E-state index contributed by atoms with van der Waals surface area (Å²) in [6.45, 7) is 4.95. The predicted octanol–water partition coefficient (Wildman–Crippen LogP) is 1.64. The molecule has 0 aromatic carbocycles. The van der Waals surface area contributed by atoms with E-state index in [0.29, 0.717) is 13.2 Å². The Morgan fingerprint density at radius 1 is 1.53 bits per heavy atom. The third-order valence-corrected chi connectivity index (χ3v) is 3.26. The van der Waals surface area contributed by atoms with Crippen LogP contribution in [0.25, 0.3) is 0 Å². The fraction of sp³-hybridized carbons (Fsp3) is 0.909. The van der Waals surface area contributed by atoms with Gasteiger partial charge in [0.15, 0.2) is 0 Å². The summed E-state index contributed by atoms with van der Waals surface area (Å²) < 4.78 is 4.89. The Labute approximate surface area is 91.5 Å². The lowest BCUT2D eigenvalue weighted by Gasteiger charge is -2.38. The molecular formula is C11H22N2O2. The molecule has 1 fully saturated rings. The van der Waals surface area contributed by atoms with E-state index in [2.05, 4.69) is 12.2 Å². The van der Waals surface area contributed by atoms with Crippen molar-refractivity contribution in [3.8, 4) is 0 Å². The second kappa shape index (κ2) is 5.35. The van der Waals surface area contributed by atoms with E-state index in [-0.39, 0.29) is 11.6 Å². The fourth-order valence-electron chi connectivity index (χ4n) is 2.08. The molecule has 1 aliphatic carbocycles. The Hall–Kier alpha value is -0.770. The molecule has 0 unspecified atom stereocenters. The average Bonchev–Trinajstić information content (AvgIpc) is 2.22. The first-order valence-electron chi connectivity index (χ1n) is 5.77. The van der Waals surface area contributed by atoms with E-state index < -0.39 is 0 Å². The second-order valence-electron chi connectivity index (χ2n) is 4.51. The Morgan fingerprint density at radius 2 is 2.13 bits per heavy atom. The zero-order chi connectivity index (χ0) is 11.3. The maximum Gasteiger partial charge on any atom is 0.407 e. The minimum atomic E-state index is -0.336. The molecule has 0 atom stereocenters. The molecule has 0 radical (unpaired) electrons. The van der Waals surface area contributed by atoms with Crippen molar-refractivity contribution < 1.29 is 9.53 Å². The smallest absolute Gasteiger partial charge is 0.407 e. The van der Waals surface area contributed by atoms with Crippen LogP contribution in [0.3, 0.4) is 0 Å². The minimum Gasteiger partial charge on any atom is -0.450 e. The summed E-state index contributed by atoms with van der Waals surface area (Å²) in [5.74, 6) is 0.744. The molecule has 4 nitrogen and oxygen atoms in total. The van der Waals surface area contributed by atoms with Crippen LogP contribution in [0.4, 0.5) is 4.79 Å². The first-order chi connectivity index (χ1) is 7.12. The minimum absolute atomic E-state index is 0.223. The van der Waals surface area contributed by atoms with E-state index in [0.717, 1.165) is 31.6 Å². The summed E-state index contributed by atoms with van der Waals surface area (Å²) in [4.78, 5) is 11.4. The van der Waals surface area contributed by atoms with Crippen molar-refractivity contribution in [2.45, 2.75) is 45.1 Å². The molecule has 3 N–H and O–H groups in total. The Morgan fingerprint density at radius 3 is 2.60 bits per heavy atom. The second-order valence-corrected chi connectivity index (χ2v) is 4.51. The van der Waals surface area contributed by atoms with Gasteiger partial charge in [0.05, 0.1) is 12.1 Å². The van der Waals surface area contributed by atoms with Gasteiger partial charge in [-0.15, -0.1) is 0 Å². The van der Waals surface area contributed by atoms with E-state index in [4.69, 9.17) is 10.5 Å². The van der Waals surface area contributed by atoms with Crippen LogP contribution in [0.15, 0.2) is 0 Å². The molecule has 0 bridgehead atoms. The van der Waals surface area contributed by atoms with Gasteiger partial charge in [-0.1, -0.05) is 6.92 Å². The molecule has 0 spiro atoms. The van der Waals surface area contributed by atoms with Gasteiger partial charge in [0.25, 0.3) is 0 Å². The summed E-state index contributed by atoms with van der Waals surface area (Å²) >= 11 is 0. The number of carbonyl (C=O) groups excluding carboxylic acids is 1. The molecule has 0 saturated heterocycles. The maximum atomic E-state index is 11.4. The summed E-state index contributed by atoms with van der Waals surface area (Å²) in [5, 5.41) is 2.92. The van der Waals surface area contributed by atoms with Gasteiger partial charge in [-0.05, 0) is 38.5 Å². The van der Waals surface area contributed by atoms with Gasteiger partial charge < -0.3 is 15.8 Å². The number of carbonyl (C=O) groups is 1. The van der Waals surface area contributed by atoms with Crippen LogP contribution in [0, 0.1) is 5.92 Å². The van der Waals surface area contributed by atoms with Crippen molar-refractivity contribution in [2.75, 3.05) is 13.2 Å². The molecule has 0 aliphatic heterocycles. The third kappa shape index (κ3) is 3.38. The topological polar surface area (TPSA) is 64.3 Å². The van der Waals surface area contributed by atoms with E-state index in [1.165, 1.54) is 0 Å². The van der Waals surface area contributed by atoms with Crippen molar-refractivity contribution >= 4 is 6.09 Å². The molecule has 0 aromatic rings. The third-order valence-electron chi connectivity index (χ3n) is 3.26. The number of nitrogens with two attached hydrogens (primary N) is 1. The summed E-state index contributed by atoms with van der Waals surface area (Å²) in [6, 6.07) is 0. The number of nitrogens with one attached hydrogen (secondary N) is 1. The highest BCUT2D eigenvalue weighted by Gasteiger charge is 2.34. The monoisotopic (exact) mass is 214 g/mol. The number of alkyl carbamates (subject to hydrolysis) is 1. The van der Waals surface area contributed by atoms with Crippen LogP contribution < -0.4 is 11.1 Å². The molecule has 88 valence electrons. The van der Waals surface area contributed by atoms with Gasteiger partial charge in [-0.25, -0.2) is 4.79 Å². The predicted molar refractivity (Wildman–Crippen MR) is 59.6 cm³/mol. The maximum absolute atomic E-state index is 11.4. The van der Waals surface area contributed by atoms with Crippen molar-refractivity contribution in [1.82, 2.24) is 5.32 Å². The summed E-state index contributed by atoms with van der Waals surface area (Å²) in [5.41, 5.74) is 5.53. The van der Waals surface area contributed by atoms with Crippen molar-refractivity contribution in [2.24, 2.45) is 11.7 Å². The first-order valence-corrected chi connectivity index (χ1v) is 5.77. The Balaban J connectivity index is 2.49. The number of rotatable bonds is 3. The van der Waals surface area contributed by atoms with Crippen molar-refractivity contribution in [3.63, 3.8) is 0 Å². The molecule has 1 amide bonds. The first kappa shape index (κ1) is 12.3. The van der Waals surface area contributed by atoms with Crippen molar-refractivity contribution in [3.05, 3.63) is 0 Å². The van der Waals surface area contributed by atoms with Gasteiger partial charge in [0.2, 0.25) is 0 Å². The lowest BCUT2D eigenvalue weighted by molar-refractivity contribution is 0.124. The molecule has 1 saturated carbocycles. The SMILES string of the molecule is CCOC(=O)NC1(CN)CCC(C)CC1. The highest BCUT2D eigenvalue weighted by Crippen LogP contribution is 2.31. The van der Waals surface area contributed by atoms with E-state index >= 15 is 0 Å². The van der Waals surface area contributed by atoms with E-state index in [1.807, 2.05) is 0 Å². The lowest BCUT2D eigenvalue weighted by Crippen LogP contribution is -2.55.